The lowest BCUT2D eigenvalue weighted by molar-refractivity contribution is -0.133. The van der Waals surface area contributed by atoms with Crippen LogP contribution < -0.4 is 4.74 Å². The predicted molar refractivity (Wildman–Crippen MR) is 105 cm³/mol. The highest BCUT2D eigenvalue weighted by Gasteiger charge is 2.28. The Kier molecular flexibility index (Phi) is 6.12. The minimum atomic E-state index is -0.369. The van der Waals surface area contributed by atoms with E-state index >= 15 is 0 Å². The van der Waals surface area contributed by atoms with Crippen molar-refractivity contribution in [2.45, 2.75) is 26.4 Å². The van der Waals surface area contributed by atoms with Crippen molar-refractivity contribution < 1.29 is 13.9 Å². The van der Waals surface area contributed by atoms with Crippen LogP contribution in [0.2, 0.25) is 0 Å². The molecular weight excluding hydrogens is 415 g/mol. The molecule has 2 nitrogen and oxygen atoms in total. The van der Waals surface area contributed by atoms with E-state index in [9.17, 15) is 9.18 Å². The predicted octanol–water partition coefficient (Wildman–Crippen LogP) is 5.61. The zero-order valence-corrected chi connectivity index (χ0v) is 16.5. The topological polar surface area (TPSA) is 26.3 Å². The van der Waals surface area contributed by atoms with E-state index in [-0.39, 0.29) is 27.5 Å². The van der Waals surface area contributed by atoms with E-state index in [0.29, 0.717) is 5.75 Å². The summed E-state index contributed by atoms with van der Waals surface area (Å²) >= 11 is 3.20. The van der Waals surface area contributed by atoms with Crippen molar-refractivity contribution >= 4 is 32.8 Å². The summed E-state index contributed by atoms with van der Waals surface area (Å²) in [4.78, 5) is 14.6. The van der Waals surface area contributed by atoms with Gasteiger partial charge in [-0.25, -0.2) is 4.39 Å². The zero-order valence-electron chi connectivity index (χ0n) is 14.1. The Labute approximate surface area is 163 Å². The normalized spacial score (nSPS) is 13.0. The number of alkyl halides is 1. The third kappa shape index (κ3) is 4.54. The number of carbonyl (C=O) groups excluding carboxylic acids is 1. The number of esters is 1. The summed E-state index contributed by atoms with van der Waals surface area (Å²) < 4.78 is 18.7. The number of hydrogen-bond acceptors (Lipinski definition) is 2. The Hall–Kier alpha value is -2.11. The molecule has 26 heavy (non-hydrogen) atoms. The molecule has 0 aliphatic rings. The number of halogens is 2. The molecule has 0 amide bonds. The van der Waals surface area contributed by atoms with Crippen molar-refractivity contribution in [1.82, 2.24) is 0 Å². The van der Waals surface area contributed by atoms with Crippen LogP contribution in [0.3, 0.4) is 0 Å². The summed E-state index contributed by atoms with van der Waals surface area (Å²) in [5, 5.41) is 0. The monoisotopic (exact) mass is 431 g/mol. The van der Waals surface area contributed by atoms with Gasteiger partial charge in [-0.3, -0.25) is 4.79 Å². The van der Waals surface area contributed by atoms with Gasteiger partial charge in [-0.2, -0.15) is 0 Å². The van der Waals surface area contributed by atoms with Crippen LogP contribution in [0.4, 0.5) is 4.39 Å². The quantitative estimate of drug-likeness (QED) is 0.227. The van der Waals surface area contributed by atoms with E-state index in [1.165, 1.54) is 12.1 Å². The lowest BCUT2D eigenvalue weighted by atomic mass is 10.3. The summed E-state index contributed by atoms with van der Waals surface area (Å²) in [5.74, 6) is -0.0874. The first kappa shape index (κ1) is 18.7. The molecule has 2 unspecified atom stereocenters. The van der Waals surface area contributed by atoms with Crippen molar-refractivity contribution in [3.8, 4) is 5.75 Å². The molecule has 3 rings (SSSR count). The van der Waals surface area contributed by atoms with E-state index in [0.717, 1.165) is 14.7 Å². The first-order chi connectivity index (χ1) is 12.5. The van der Waals surface area contributed by atoms with E-state index in [2.05, 4.69) is 28.1 Å². The largest absolute Gasteiger partial charge is 0.426 e. The average Bonchev–Trinajstić information content (AvgIpc) is 2.66. The van der Waals surface area contributed by atoms with E-state index < -0.39 is 0 Å². The molecule has 0 radical (unpaired) electrons. The minimum absolute atomic E-state index is 0.253. The van der Waals surface area contributed by atoms with Crippen LogP contribution in [0.25, 0.3) is 0 Å². The number of hydrogen-bond donors (Lipinski definition) is 0. The van der Waals surface area contributed by atoms with E-state index in [1.54, 1.807) is 19.1 Å². The fourth-order valence-electron chi connectivity index (χ4n) is 2.38. The molecule has 0 aliphatic carbocycles. The lowest BCUT2D eigenvalue weighted by Gasteiger charge is -2.09. The summed E-state index contributed by atoms with van der Waals surface area (Å²) in [6.45, 7) is 1.72. The fourth-order valence-corrected chi connectivity index (χ4v) is 4.53. The third-order valence-corrected chi connectivity index (χ3v) is 6.24. The summed E-state index contributed by atoms with van der Waals surface area (Å²) in [5.41, 5.74) is 0. The smallest absolute Gasteiger partial charge is 0.324 e. The molecule has 0 fully saturated rings. The molecule has 0 bridgehead atoms. The second-order valence-corrected chi connectivity index (χ2v) is 8.98. The number of ether oxygens (including phenoxy) is 1. The van der Waals surface area contributed by atoms with Gasteiger partial charge in [0.1, 0.15) is 16.4 Å². The average molecular weight is 432 g/mol. The van der Waals surface area contributed by atoms with E-state index in [4.69, 9.17) is 4.74 Å². The fraction of sp³-hybridized carbons (Fsp3) is 0.0952. The molecule has 2 atom stereocenters. The van der Waals surface area contributed by atoms with Gasteiger partial charge in [0.25, 0.3) is 0 Å². The van der Waals surface area contributed by atoms with Crippen LogP contribution in [0, 0.1) is 5.82 Å². The summed E-state index contributed by atoms with van der Waals surface area (Å²) in [6.07, 6.45) is 0. The van der Waals surface area contributed by atoms with E-state index in [1.807, 2.05) is 42.5 Å². The van der Waals surface area contributed by atoms with Gasteiger partial charge in [0.05, 0.1) is 10.9 Å². The molecule has 3 aromatic carbocycles. The van der Waals surface area contributed by atoms with Gasteiger partial charge in [0.15, 0.2) is 14.7 Å². The van der Waals surface area contributed by atoms with Crippen molar-refractivity contribution in [3.63, 3.8) is 0 Å². The number of carbonyl (C=O) groups is 1. The van der Waals surface area contributed by atoms with Crippen molar-refractivity contribution in [2.24, 2.45) is 0 Å². The van der Waals surface area contributed by atoms with Gasteiger partial charge >= 0.3 is 5.97 Å². The van der Waals surface area contributed by atoms with Gasteiger partial charge in [0, 0.05) is 0 Å². The molecule has 3 aromatic rings. The van der Waals surface area contributed by atoms with Crippen LogP contribution in [-0.4, -0.2) is 10.8 Å². The lowest BCUT2D eigenvalue weighted by Crippen LogP contribution is -2.17. The molecule has 0 aromatic heterocycles. The maximum absolute atomic E-state index is 13.3. The Morgan fingerprint density at radius 1 is 0.885 bits per heavy atom. The van der Waals surface area contributed by atoms with Gasteiger partial charge in [-0.15, -0.1) is 0 Å². The third-order valence-electron chi connectivity index (χ3n) is 3.63. The van der Waals surface area contributed by atoms with Gasteiger partial charge < -0.3 is 4.74 Å². The molecule has 0 heterocycles. The van der Waals surface area contributed by atoms with Crippen molar-refractivity contribution in [2.75, 3.05) is 0 Å². The van der Waals surface area contributed by atoms with Crippen LogP contribution in [-0.2, 0) is 15.7 Å². The molecule has 0 saturated carbocycles. The molecule has 0 saturated heterocycles. The highest BCUT2D eigenvalue weighted by atomic mass is 79.9. The van der Waals surface area contributed by atoms with Crippen LogP contribution in [0.1, 0.15) is 6.92 Å². The first-order valence-electron chi connectivity index (χ1n) is 8.05. The number of rotatable bonds is 5. The maximum atomic E-state index is 13.3. The van der Waals surface area contributed by atoms with Crippen molar-refractivity contribution in [1.29, 1.82) is 0 Å². The number of benzene rings is 3. The maximum Gasteiger partial charge on any atom is 0.324 e. The Bertz CT molecular complexity index is 865. The Morgan fingerprint density at radius 2 is 1.38 bits per heavy atom. The minimum Gasteiger partial charge on any atom is -0.426 e. The zero-order chi connectivity index (χ0) is 18.5. The van der Waals surface area contributed by atoms with Gasteiger partial charge in [-0.05, 0) is 67.6 Å². The second kappa shape index (κ2) is 8.52. The molecule has 5 heteroatoms. The summed E-state index contributed by atoms with van der Waals surface area (Å²) in [6, 6.07) is 24.1. The SMILES string of the molecule is CC(Br)C(=O)Oc1ccc([S+](c2ccccc2)c2ccc(F)cc2)cc1. The summed E-state index contributed by atoms with van der Waals surface area (Å²) in [7, 11) is -0.369. The highest BCUT2D eigenvalue weighted by Crippen LogP contribution is 2.32. The highest BCUT2D eigenvalue weighted by molar-refractivity contribution is 9.10. The van der Waals surface area contributed by atoms with Gasteiger partial charge in [-0.1, -0.05) is 34.1 Å². The molecule has 132 valence electrons. The van der Waals surface area contributed by atoms with Crippen molar-refractivity contribution in [3.05, 3.63) is 84.7 Å². The molecule has 0 spiro atoms. The second-order valence-electron chi connectivity index (χ2n) is 5.58. The molecule has 0 N–H and O–H groups in total. The Morgan fingerprint density at radius 3 is 1.92 bits per heavy atom. The van der Waals surface area contributed by atoms with Crippen LogP contribution in [0.15, 0.2) is 93.5 Å². The van der Waals surface area contributed by atoms with Gasteiger partial charge in [0.2, 0.25) is 0 Å². The molecular formula is C21H17BrFO2S+. The molecule has 0 aliphatic heterocycles. The Balaban J connectivity index is 1.95. The van der Waals surface area contributed by atoms with Crippen LogP contribution in [0.5, 0.6) is 5.75 Å². The standard InChI is InChI=1S/C21H17BrFO2S/c1-15(22)21(24)25-17-9-13-20(14-10-17)26(18-5-3-2-4-6-18)19-11-7-16(23)8-12-19/h2-15H,1H3/q+1. The van der Waals surface area contributed by atoms with Crippen LogP contribution >= 0.6 is 15.9 Å². The first-order valence-corrected chi connectivity index (χ1v) is 10.2.